The average Bonchev–Trinajstić information content (AvgIpc) is 2.63. The maximum absolute atomic E-state index is 11.9. The largest absolute Gasteiger partial charge is 0.363 e. The van der Waals surface area contributed by atoms with E-state index in [0.29, 0.717) is 6.42 Å². The van der Waals surface area contributed by atoms with E-state index in [1.54, 1.807) is 7.05 Å². The minimum atomic E-state index is -2.96. The van der Waals surface area contributed by atoms with Gasteiger partial charge in [0.05, 0.1) is 17.1 Å². The molecule has 0 radical (unpaired) electrons. The zero-order valence-corrected chi connectivity index (χ0v) is 11.6. The van der Waals surface area contributed by atoms with E-state index in [1.807, 2.05) is 6.92 Å². The first kappa shape index (κ1) is 13.8. The molecule has 2 heterocycles. The van der Waals surface area contributed by atoms with Crippen LogP contribution >= 0.6 is 0 Å². The van der Waals surface area contributed by atoms with Crippen LogP contribution in [0.15, 0.2) is 0 Å². The van der Waals surface area contributed by atoms with Crippen LogP contribution in [0.4, 0.5) is 0 Å². The van der Waals surface area contributed by atoms with Crippen molar-refractivity contribution in [3.8, 4) is 0 Å². The van der Waals surface area contributed by atoms with Crippen molar-refractivity contribution in [3.05, 3.63) is 0 Å². The molecular formula is C11H20N2O4S. The maximum Gasteiger partial charge on any atom is 0.248 e. The van der Waals surface area contributed by atoms with E-state index in [9.17, 15) is 13.2 Å². The minimum absolute atomic E-state index is 0.0191. The summed E-state index contributed by atoms with van der Waals surface area (Å²) in [5.74, 6) is 0.108. The summed E-state index contributed by atoms with van der Waals surface area (Å²) >= 11 is 0. The van der Waals surface area contributed by atoms with Gasteiger partial charge in [-0.1, -0.05) is 0 Å². The lowest BCUT2D eigenvalue weighted by Gasteiger charge is -2.39. The molecule has 2 fully saturated rings. The van der Waals surface area contributed by atoms with Gasteiger partial charge in [0.2, 0.25) is 5.91 Å². The molecule has 0 aromatic carbocycles. The Morgan fingerprint density at radius 2 is 2.17 bits per heavy atom. The number of ether oxygens (including phenoxy) is 1. The van der Waals surface area contributed by atoms with Crippen molar-refractivity contribution < 1.29 is 17.9 Å². The molecule has 7 heteroatoms. The van der Waals surface area contributed by atoms with Crippen LogP contribution in [0.1, 0.15) is 13.3 Å². The molecule has 0 aromatic rings. The number of likely N-dealkylation sites (N-methyl/N-ethyl adjacent to an activating group) is 1. The molecule has 1 atom stereocenters. The topological polar surface area (TPSA) is 75.7 Å². The predicted molar refractivity (Wildman–Crippen MR) is 67.1 cm³/mol. The number of hydrogen-bond donors (Lipinski definition) is 1. The van der Waals surface area contributed by atoms with E-state index in [1.165, 1.54) is 4.90 Å². The molecule has 18 heavy (non-hydrogen) atoms. The maximum atomic E-state index is 11.9. The Labute approximate surface area is 108 Å². The Morgan fingerprint density at radius 1 is 1.50 bits per heavy atom. The second-order valence-electron chi connectivity index (χ2n) is 5.40. The van der Waals surface area contributed by atoms with Crippen LogP contribution in [0.25, 0.3) is 0 Å². The van der Waals surface area contributed by atoms with Gasteiger partial charge in [-0.15, -0.1) is 0 Å². The van der Waals surface area contributed by atoms with Crippen molar-refractivity contribution >= 4 is 15.7 Å². The highest BCUT2D eigenvalue weighted by Crippen LogP contribution is 2.18. The molecule has 6 nitrogen and oxygen atoms in total. The fourth-order valence-corrected chi connectivity index (χ4v) is 3.98. The lowest BCUT2D eigenvalue weighted by molar-refractivity contribution is -0.146. The normalized spacial score (nSPS) is 28.7. The van der Waals surface area contributed by atoms with E-state index < -0.39 is 9.84 Å². The third-order valence-corrected chi connectivity index (χ3v) is 5.44. The van der Waals surface area contributed by atoms with E-state index in [4.69, 9.17) is 4.74 Å². The van der Waals surface area contributed by atoms with Crippen molar-refractivity contribution in [2.45, 2.75) is 25.0 Å². The predicted octanol–water partition coefficient (Wildman–Crippen LogP) is -0.990. The van der Waals surface area contributed by atoms with Crippen LogP contribution in [0.3, 0.4) is 0 Å². The van der Waals surface area contributed by atoms with Crippen molar-refractivity contribution in [2.75, 3.05) is 38.2 Å². The fourth-order valence-electron chi connectivity index (χ4n) is 2.20. The second kappa shape index (κ2) is 4.79. The summed E-state index contributed by atoms with van der Waals surface area (Å²) in [6.07, 6.45) is 0.531. The van der Waals surface area contributed by atoms with Gasteiger partial charge < -0.3 is 15.0 Å². The SMILES string of the molecule is CN(C(=O)COC1(C)CNC1)C1CCS(=O)(=O)C1. The molecule has 0 saturated carbocycles. The molecule has 0 aromatic heterocycles. The Hall–Kier alpha value is -0.660. The van der Waals surface area contributed by atoms with Crippen LogP contribution in [0.5, 0.6) is 0 Å². The molecule has 2 aliphatic rings. The molecule has 2 saturated heterocycles. The van der Waals surface area contributed by atoms with Gasteiger partial charge in [-0.2, -0.15) is 0 Å². The van der Waals surface area contributed by atoms with Crippen LogP contribution in [-0.4, -0.2) is 69.1 Å². The van der Waals surface area contributed by atoms with E-state index >= 15 is 0 Å². The fraction of sp³-hybridized carbons (Fsp3) is 0.909. The Balaban J connectivity index is 1.82. The first-order valence-corrected chi connectivity index (χ1v) is 7.94. The Bertz CT molecular complexity index is 430. The van der Waals surface area contributed by atoms with Gasteiger partial charge in [-0.05, 0) is 13.3 Å². The highest BCUT2D eigenvalue weighted by Gasteiger charge is 2.36. The zero-order chi connectivity index (χ0) is 13.4. The number of carbonyl (C=O) groups excluding carboxylic acids is 1. The summed E-state index contributed by atoms with van der Waals surface area (Å²) in [6.45, 7) is 3.48. The molecule has 2 rings (SSSR count). The molecule has 1 unspecified atom stereocenters. The number of rotatable bonds is 4. The van der Waals surface area contributed by atoms with E-state index in [2.05, 4.69) is 5.32 Å². The molecule has 2 aliphatic heterocycles. The minimum Gasteiger partial charge on any atom is -0.363 e. The van der Waals surface area contributed by atoms with Crippen molar-refractivity contribution in [3.63, 3.8) is 0 Å². The van der Waals surface area contributed by atoms with Gasteiger partial charge in [0.1, 0.15) is 6.61 Å². The first-order chi connectivity index (χ1) is 8.31. The quantitative estimate of drug-likeness (QED) is 0.713. The van der Waals surface area contributed by atoms with Gasteiger partial charge in [0.25, 0.3) is 0 Å². The molecule has 0 bridgehead atoms. The first-order valence-electron chi connectivity index (χ1n) is 6.12. The van der Waals surface area contributed by atoms with Gasteiger partial charge in [-0.25, -0.2) is 8.42 Å². The van der Waals surface area contributed by atoms with Gasteiger partial charge >= 0.3 is 0 Å². The summed E-state index contributed by atoms with van der Waals surface area (Å²) < 4.78 is 28.3. The van der Waals surface area contributed by atoms with E-state index in [0.717, 1.165) is 13.1 Å². The van der Waals surface area contributed by atoms with E-state index in [-0.39, 0.29) is 35.7 Å². The number of sulfone groups is 1. The number of amides is 1. The van der Waals surface area contributed by atoms with Crippen LogP contribution < -0.4 is 5.32 Å². The summed E-state index contributed by atoms with van der Waals surface area (Å²) in [6, 6.07) is -0.196. The summed E-state index contributed by atoms with van der Waals surface area (Å²) in [4.78, 5) is 13.4. The smallest absolute Gasteiger partial charge is 0.248 e. The third-order valence-electron chi connectivity index (χ3n) is 3.69. The lowest BCUT2D eigenvalue weighted by atomic mass is 10.0. The van der Waals surface area contributed by atoms with Crippen molar-refractivity contribution in [1.82, 2.24) is 10.2 Å². The van der Waals surface area contributed by atoms with Gasteiger partial charge in [0, 0.05) is 26.2 Å². The molecule has 104 valence electrons. The molecule has 1 amide bonds. The lowest BCUT2D eigenvalue weighted by Crippen LogP contribution is -2.59. The second-order valence-corrected chi connectivity index (χ2v) is 7.63. The molecule has 0 aliphatic carbocycles. The molecule has 1 N–H and O–H groups in total. The molecule has 0 spiro atoms. The standard InChI is InChI=1S/C11H20N2O4S/c1-11(7-12-8-11)17-5-10(14)13(2)9-3-4-18(15,16)6-9/h9,12H,3-8H2,1-2H3. The van der Waals surface area contributed by atoms with Gasteiger partial charge in [-0.3, -0.25) is 4.79 Å². The van der Waals surface area contributed by atoms with Crippen LogP contribution in [0, 0.1) is 0 Å². The third kappa shape index (κ3) is 3.02. The highest BCUT2D eigenvalue weighted by atomic mass is 32.2. The number of nitrogens with one attached hydrogen (secondary N) is 1. The molecular weight excluding hydrogens is 256 g/mol. The van der Waals surface area contributed by atoms with Crippen LogP contribution in [-0.2, 0) is 19.4 Å². The summed E-state index contributed by atoms with van der Waals surface area (Å²) in [5, 5.41) is 3.09. The van der Waals surface area contributed by atoms with Crippen LogP contribution in [0.2, 0.25) is 0 Å². The number of hydrogen-bond acceptors (Lipinski definition) is 5. The monoisotopic (exact) mass is 276 g/mol. The van der Waals surface area contributed by atoms with Crippen molar-refractivity contribution in [2.24, 2.45) is 0 Å². The van der Waals surface area contributed by atoms with Gasteiger partial charge in [0.15, 0.2) is 9.84 Å². The zero-order valence-electron chi connectivity index (χ0n) is 10.8. The highest BCUT2D eigenvalue weighted by molar-refractivity contribution is 7.91. The summed E-state index contributed by atoms with van der Waals surface area (Å²) in [5.41, 5.74) is -0.252. The van der Waals surface area contributed by atoms with Crippen molar-refractivity contribution in [1.29, 1.82) is 0 Å². The average molecular weight is 276 g/mol. The number of nitrogens with zero attached hydrogens (tertiary/aromatic N) is 1. The Kier molecular flexibility index (Phi) is 3.66. The number of carbonyl (C=O) groups is 1. The summed E-state index contributed by atoms with van der Waals surface area (Å²) in [7, 11) is -1.30. The Morgan fingerprint density at radius 3 is 2.61 bits per heavy atom.